The van der Waals surface area contributed by atoms with Crippen LogP contribution in [0.3, 0.4) is 0 Å². The number of benzene rings is 3. The molecule has 0 saturated carbocycles. The molecule has 8 nitrogen and oxygen atoms in total. The van der Waals surface area contributed by atoms with E-state index in [0.717, 1.165) is 22.9 Å². The Hall–Kier alpha value is -4.37. The van der Waals surface area contributed by atoms with Crippen LogP contribution in [-0.2, 0) is 26.5 Å². The summed E-state index contributed by atoms with van der Waals surface area (Å²) in [6.45, 7) is 6.52. The molecule has 4 rings (SSSR count). The number of nitrogens with one attached hydrogen (secondary N) is 1. The van der Waals surface area contributed by atoms with Crippen molar-refractivity contribution in [2.45, 2.75) is 43.5 Å². The average molecular weight is 558 g/mol. The molecule has 0 saturated heterocycles. The summed E-state index contributed by atoms with van der Waals surface area (Å²) in [7, 11) is -3.40. The molecular formula is C31H31N3O5S. The van der Waals surface area contributed by atoms with Gasteiger partial charge in [-0.3, -0.25) is 4.79 Å². The van der Waals surface area contributed by atoms with Crippen LogP contribution in [-0.4, -0.2) is 47.7 Å². The van der Waals surface area contributed by atoms with Gasteiger partial charge in [-0.2, -0.15) is 0 Å². The molecule has 1 aromatic heterocycles. The monoisotopic (exact) mass is 557 g/mol. The van der Waals surface area contributed by atoms with Gasteiger partial charge in [0, 0.05) is 41.8 Å². The van der Waals surface area contributed by atoms with Crippen molar-refractivity contribution in [2.75, 3.05) is 6.26 Å². The molecule has 1 amide bonds. The van der Waals surface area contributed by atoms with Crippen molar-refractivity contribution in [3.05, 3.63) is 102 Å². The summed E-state index contributed by atoms with van der Waals surface area (Å²) >= 11 is 0. The summed E-state index contributed by atoms with van der Waals surface area (Å²) in [4.78, 5) is 33.5. The van der Waals surface area contributed by atoms with Gasteiger partial charge in [0.2, 0.25) is 0 Å². The van der Waals surface area contributed by atoms with Crippen molar-refractivity contribution in [2.24, 2.45) is 0 Å². The number of carboxylic acids is 1. The first-order valence-corrected chi connectivity index (χ1v) is 14.6. The molecule has 3 aromatic carbocycles. The van der Waals surface area contributed by atoms with Gasteiger partial charge in [-0.25, -0.2) is 23.2 Å². The van der Waals surface area contributed by atoms with E-state index in [-0.39, 0.29) is 22.3 Å². The summed E-state index contributed by atoms with van der Waals surface area (Å²) < 4.78 is 23.2. The molecule has 1 heterocycles. The van der Waals surface area contributed by atoms with Crippen LogP contribution in [0.2, 0.25) is 0 Å². The third-order valence-electron chi connectivity index (χ3n) is 6.54. The second kappa shape index (κ2) is 11.4. The Morgan fingerprint density at radius 1 is 0.825 bits per heavy atom. The maximum absolute atomic E-state index is 12.6. The Bertz CT molecular complexity index is 1610. The van der Waals surface area contributed by atoms with E-state index in [4.69, 9.17) is 0 Å². The van der Waals surface area contributed by atoms with Gasteiger partial charge in [0.1, 0.15) is 6.04 Å². The van der Waals surface area contributed by atoms with Gasteiger partial charge in [0.05, 0.1) is 4.90 Å². The SMILES string of the molecule is CC(C)(C)c1ccc(-c2cnc(-c3ccc(C[C@H](NC(=O)c4ccc(S(C)(=O)=O)cc4)C(=O)O)cc3)nc2)cc1. The fraction of sp³-hybridized carbons (Fsp3) is 0.226. The number of hydrogen-bond donors (Lipinski definition) is 2. The predicted molar refractivity (Wildman–Crippen MR) is 154 cm³/mol. The van der Waals surface area contributed by atoms with Gasteiger partial charge in [-0.15, -0.1) is 0 Å². The smallest absolute Gasteiger partial charge is 0.326 e. The van der Waals surface area contributed by atoms with Crippen LogP contribution in [0.25, 0.3) is 22.5 Å². The van der Waals surface area contributed by atoms with Crippen molar-refractivity contribution in [1.29, 1.82) is 0 Å². The number of rotatable bonds is 8. The molecule has 0 aliphatic heterocycles. The van der Waals surface area contributed by atoms with Crippen LogP contribution in [0, 0.1) is 0 Å². The number of nitrogens with zero attached hydrogens (tertiary/aromatic N) is 2. The third kappa shape index (κ3) is 6.98. The zero-order chi connectivity index (χ0) is 29.1. The van der Waals surface area contributed by atoms with Gasteiger partial charge in [0.25, 0.3) is 5.91 Å². The van der Waals surface area contributed by atoms with E-state index in [1.807, 2.05) is 12.1 Å². The lowest BCUT2D eigenvalue weighted by Gasteiger charge is -2.19. The zero-order valence-electron chi connectivity index (χ0n) is 22.8. The van der Waals surface area contributed by atoms with Gasteiger partial charge >= 0.3 is 5.97 Å². The lowest BCUT2D eigenvalue weighted by molar-refractivity contribution is -0.139. The minimum absolute atomic E-state index is 0.0626. The van der Waals surface area contributed by atoms with Gasteiger partial charge < -0.3 is 10.4 Å². The molecule has 9 heteroatoms. The highest BCUT2D eigenvalue weighted by atomic mass is 32.2. The maximum Gasteiger partial charge on any atom is 0.326 e. The summed E-state index contributed by atoms with van der Waals surface area (Å²) in [5.41, 5.74) is 4.92. The molecule has 40 heavy (non-hydrogen) atoms. The molecule has 2 N–H and O–H groups in total. The first kappa shape index (κ1) is 28.6. The zero-order valence-corrected chi connectivity index (χ0v) is 23.6. The van der Waals surface area contributed by atoms with Crippen LogP contribution in [0.4, 0.5) is 0 Å². The molecule has 0 bridgehead atoms. The van der Waals surface area contributed by atoms with Crippen molar-refractivity contribution in [3.63, 3.8) is 0 Å². The minimum Gasteiger partial charge on any atom is -0.480 e. The highest BCUT2D eigenvalue weighted by molar-refractivity contribution is 7.90. The number of carbonyl (C=O) groups is 2. The van der Waals surface area contributed by atoms with E-state index in [9.17, 15) is 23.1 Å². The molecule has 0 aliphatic rings. The lowest BCUT2D eigenvalue weighted by Crippen LogP contribution is -2.42. The summed E-state index contributed by atoms with van der Waals surface area (Å²) in [6, 6.07) is 19.7. The molecule has 0 unspecified atom stereocenters. The largest absolute Gasteiger partial charge is 0.480 e. The Morgan fingerprint density at radius 2 is 1.38 bits per heavy atom. The first-order valence-electron chi connectivity index (χ1n) is 12.7. The number of aliphatic carboxylic acids is 1. The minimum atomic E-state index is -3.40. The Morgan fingerprint density at radius 3 is 1.88 bits per heavy atom. The lowest BCUT2D eigenvalue weighted by atomic mass is 9.86. The van der Waals surface area contributed by atoms with Gasteiger partial charge in [0.15, 0.2) is 15.7 Å². The fourth-order valence-corrected chi connectivity index (χ4v) is 4.74. The predicted octanol–water partition coefficient (Wildman–Crippen LogP) is 4.94. The van der Waals surface area contributed by atoms with Crippen LogP contribution in [0.1, 0.15) is 42.3 Å². The van der Waals surface area contributed by atoms with E-state index >= 15 is 0 Å². The van der Waals surface area contributed by atoms with Gasteiger partial charge in [-0.05, 0) is 46.4 Å². The van der Waals surface area contributed by atoms with E-state index in [1.54, 1.807) is 24.5 Å². The number of carbonyl (C=O) groups excluding carboxylic acids is 1. The highest BCUT2D eigenvalue weighted by Gasteiger charge is 2.22. The molecular weight excluding hydrogens is 526 g/mol. The first-order chi connectivity index (χ1) is 18.8. The molecule has 0 radical (unpaired) electrons. The summed E-state index contributed by atoms with van der Waals surface area (Å²) in [6.07, 6.45) is 4.69. The second-order valence-corrected chi connectivity index (χ2v) is 12.7. The van der Waals surface area contributed by atoms with Crippen molar-refractivity contribution >= 4 is 21.7 Å². The van der Waals surface area contributed by atoms with Gasteiger partial charge in [-0.1, -0.05) is 69.3 Å². The standard InChI is InChI=1S/C31H31N3O5S/c1-31(2,3)25-13-9-21(10-14-25)24-18-32-28(33-19-24)22-7-5-20(6-8-22)17-27(30(36)37)34-29(35)23-11-15-26(16-12-23)40(4,38)39/h5-16,18-19,27H,17H2,1-4H3,(H,34,35)(H,36,37)/t27-/m0/s1. The van der Waals surface area contributed by atoms with Crippen molar-refractivity contribution in [1.82, 2.24) is 15.3 Å². The Labute approximate surface area is 234 Å². The number of aromatic nitrogens is 2. The fourth-order valence-electron chi connectivity index (χ4n) is 4.11. The van der Waals surface area contributed by atoms with Crippen LogP contribution < -0.4 is 5.32 Å². The molecule has 0 fully saturated rings. The Balaban J connectivity index is 1.42. The third-order valence-corrected chi connectivity index (χ3v) is 7.66. The topological polar surface area (TPSA) is 126 Å². The van der Waals surface area contributed by atoms with E-state index < -0.39 is 27.8 Å². The quantitative estimate of drug-likeness (QED) is 0.314. The number of hydrogen-bond acceptors (Lipinski definition) is 6. The van der Waals surface area contributed by atoms with E-state index in [2.05, 4.69) is 60.3 Å². The Kier molecular flexibility index (Phi) is 8.16. The second-order valence-electron chi connectivity index (χ2n) is 10.7. The van der Waals surface area contributed by atoms with Crippen molar-refractivity contribution < 1.29 is 23.1 Å². The number of sulfone groups is 1. The molecule has 0 aliphatic carbocycles. The van der Waals surface area contributed by atoms with Crippen molar-refractivity contribution in [3.8, 4) is 22.5 Å². The molecule has 206 valence electrons. The molecule has 4 aromatic rings. The molecule has 0 spiro atoms. The van der Waals surface area contributed by atoms with Crippen LogP contribution >= 0.6 is 0 Å². The number of amides is 1. The molecule has 1 atom stereocenters. The number of carboxylic acid groups (broad SMARTS) is 1. The average Bonchev–Trinajstić information content (AvgIpc) is 2.92. The normalized spacial score (nSPS) is 12.5. The summed E-state index contributed by atoms with van der Waals surface area (Å²) in [5, 5.41) is 12.2. The van der Waals surface area contributed by atoms with Crippen LogP contribution in [0.15, 0.2) is 90.1 Å². The maximum atomic E-state index is 12.6. The van der Waals surface area contributed by atoms with E-state index in [1.165, 1.54) is 29.8 Å². The highest BCUT2D eigenvalue weighted by Crippen LogP contribution is 2.26. The van der Waals surface area contributed by atoms with Crippen LogP contribution in [0.5, 0.6) is 0 Å². The van der Waals surface area contributed by atoms with E-state index in [0.29, 0.717) is 11.4 Å². The summed E-state index contributed by atoms with van der Waals surface area (Å²) in [5.74, 6) is -1.24.